The number of aromatic nitrogens is 3. The van der Waals surface area contributed by atoms with Crippen molar-refractivity contribution in [2.24, 2.45) is 7.05 Å². The van der Waals surface area contributed by atoms with Crippen LogP contribution in [0.2, 0.25) is 0 Å². The molecule has 1 aliphatic heterocycles. The first-order valence-corrected chi connectivity index (χ1v) is 8.36. The van der Waals surface area contributed by atoms with Gasteiger partial charge in [0.2, 0.25) is 0 Å². The zero-order valence-electron chi connectivity index (χ0n) is 13.0. The lowest BCUT2D eigenvalue weighted by molar-refractivity contribution is 0.0989. The van der Waals surface area contributed by atoms with Crippen LogP contribution in [0, 0.1) is 6.92 Å². The Morgan fingerprint density at radius 2 is 2.22 bits per heavy atom. The van der Waals surface area contributed by atoms with Gasteiger partial charge in [0.15, 0.2) is 0 Å². The van der Waals surface area contributed by atoms with Gasteiger partial charge in [0.1, 0.15) is 0 Å². The van der Waals surface area contributed by atoms with E-state index in [0.717, 1.165) is 28.4 Å². The Balaban J connectivity index is 1.66. The molecule has 0 unspecified atom stereocenters. The molecule has 1 aromatic carbocycles. The number of carbonyl (C=O) groups excluding carboxylic acids is 1. The summed E-state index contributed by atoms with van der Waals surface area (Å²) >= 11 is 1.65. The number of rotatable bonds is 2. The van der Waals surface area contributed by atoms with Crippen molar-refractivity contribution in [3.63, 3.8) is 0 Å². The van der Waals surface area contributed by atoms with Gasteiger partial charge in [-0.05, 0) is 31.0 Å². The molecule has 1 aliphatic rings. The van der Waals surface area contributed by atoms with E-state index >= 15 is 0 Å². The van der Waals surface area contributed by atoms with E-state index in [1.807, 2.05) is 31.0 Å². The molecule has 0 saturated carbocycles. The number of benzene rings is 1. The molecule has 4 rings (SSSR count). The Morgan fingerprint density at radius 1 is 1.35 bits per heavy atom. The smallest absolute Gasteiger partial charge is 0.261 e. The highest BCUT2D eigenvalue weighted by Crippen LogP contribution is 2.33. The molecule has 1 amide bonds. The number of carbonyl (C=O) groups is 1. The first-order valence-electron chi connectivity index (χ1n) is 7.48. The van der Waals surface area contributed by atoms with Crippen LogP contribution in [0.15, 0.2) is 36.0 Å². The van der Waals surface area contributed by atoms with Crippen LogP contribution in [-0.2, 0) is 13.5 Å². The van der Waals surface area contributed by atoms with Crippen molar-refractivity contribution in [3.8, 4) is 11.3 Å². The summed E-state index contributed by atoms with van der Waals surface area (Å²) in [5.41, 5.74) is 4.94. The number of hydrogen-bond acceptors (Lipinski definition) is 4. The highest BCUT2D eigenvalue weighted by atomic mass is 32.1. The minimum Gasteiger partial charge on any atom is -0.308 e. The van der Waals surface area contributed by atoms with Gasteiger partial charge in [0, 0.05) is 36.4 Å². The number of amides is 1. The van der Waals surface area contributed by atoms with Crippen LogP contribution in [-0.4, -0.2) is 27.2 Å². The molecule has 0 radical (unpaired) electrons. The van der Waals surface area contributed by atoms with Crippen LogP contribution in [0.3, 0.4) is 0 Å². The molecule has 23 heavy (non-hydrogen) atoms. The van der Waals surface area contributed by atoms with E-state index in [0.29, 0.717) is 12.1 Å². The van der Waals surface area contributed by atoms with Crippen molar-refractivity contribution < 1.29 is 4.79 Å². The summed E-state index contributed by atoms with van der Waals surface area (Å²) in [6, 6.07) is 6.23. The Morgan fingerprint density at radius 3 is 2.91 bits per heavy atom. The predicted octanol–water partition coefficient (Wildman–Crippen LogP) is 3.05. The van der Waals surface area contributed by atoms with E-state index < -0.39 is 0 Å². The van der Waals surface area contributed by atoms with E-state index in [2.05, 4.69) is 21.5 Å². The molecule has 0 saturated heterocycles. The third-order valence-electron chi connectivity index (χ3n) is 4.09. The van der Waals surface area contributed by atoms with E-state index in [9.17, 15) is 4.79 Å². The van der Waals surface area contributed by atoms with Crippen molar-refractivity contribution in [1.82, 2.24) is 14.8 Å². The number of fused-ring (bicyclic) bond motifs is 1. The molecule has 3 heterocycles. The van der Waals surface area contributed by atoms with Gasteiger partial charge in [-0.25, -0.2) is 4.98 Å². The van der Waals surface area contributed by atoms with Crippen LogP contribution in [0.5, 0.6) is 0 Å². The van der Waals surface area contributed by atoms with E-state index in [1.165, 1.54) is 5.56 Å². The molecule has 116 valence electrons. The Hall–Kier alpha value is -2.47. The van der Waals surface area contributed by atoms with Crippen molar-refractivity contribution in [2.45, 2.75) is 13.3 Å². The van der Waals surface area contributed by atoms with E-state index in [-0.39, 0.29) is 5.91 Å². The summed E-state index contributed by atoms with van der Waals surface area (Å²) < 4.78 is 1.65. The third-order valence-corrected chi connectivity index (χ3v) is 4.86. The monoisotopic (exact) mass is 324 g/mol. The SMILES string of the molecule is Cc1nc(-c2ccc3c(c2)CCN3C(=O)c2cnn(C)c2)cs1. The number of hydrogen-bond donors (Lipinski definition) is 0. The molecule has 0 fully saturated rings. The van der Waals surface area contributed by atoms with Crippen molar-refractivity contribution in [3.05, 3.63) is 52.1 Å². The number of anilines is 1. The summed E-state index contributed by atoms with van der Waals surface area (Å²) in [5, 5.41) is 7.22. The average Bonchev–Trinajstić information content (AvgIpc) is 3.25. The van der Waals surface area contributed by atoms with Gasteiger partial charge in [0.05, 0.1) is 22.5 Å². The zero-order valence-corrected chi connectivity index (χ0v) is 13.8. The molecule has 0 spiro atoms. The van der Waals surface area contributed by atoms with Crippen molar-refractivity contribution >= 4 is 22.9 Å². The summed E-state index contributed by atoms with van der Waals surface area (Å²) in [7, 11) is 1.82. The van der Waals surface area contributed by atoms with Gasteiger partial charge in [-0.2, -0.15) is 5.10 Å². The summed E-state index contributed by atoms with van der Waals surface area (Å²) in [6.45, 7) is 2.72. The van der Waals surface area contributed by atoms with Crippen LogP contribution < -0.4 is 4.90 Å². The van der Waals surface area contributed by atoms with Gasteiger partial charge >= 0.3 is 0 Å². The maximum Gasteiger partial charge on any atom is 0.261 e. The molecule has 0 N–H and O–H groups in total. The summed E-state index contributed by atoms with van der Waals surface area (Å²) in [5.74, 6) is 0.00843. The van der Waals surface area contributed by atoms with E-state index in [1.54, 1.807) is 28.4 Å². The van der Waals surface area contributed by atoms with Crippen LogP contribution in [0.4, 0.5) is 5.69 Å². The fourth-order valence-electron chi connectivity index (χ4n) is 2.96. The lowest BCUT2D eigenvalue weighted by Gasteiger charge is -2.16. The highest BCUT2D eigenvalue weighted by molar-refractivity contribution is 7.09. The minimum atomic E-state index is 0.00843. The van der Waals surface area contributed by atoms with Gasteiger partial charge in [-0.15, -0.1) is 11.3 Å². The largest absolute Gasteiger partial charge is 0.308 e. The molecule has 5 nitrogen and oxygen atoms in total. The fraction of sp³-hybridized carbons (Fsp3) is 0.235. The molecule has 0 atom stereocenters. The summed E-state index contributed by atoms with van der Waals surface area (Å²) in [4.78, 5) is 19.0. The molecule has 0 aliphatic carbocycles. The minimum absolute atomic E-state index is 0.00843. The normalized spacial score (nSPS) is 13.4. The second kappa shape index (κ2) is 5.31. The molecular formula is C17H16N4OS. The van der Waals surface area contributed by atoms with Crippen LogP contribution in [0.25, 0.3) is 11.3 Å². The summed E-state index contributed by atoms with van der Waals surface area (Å²) in [6.07, 6.45) is 4.25. The highest BCUT2D eigenvalue weighted by Gasteiger charge is 2.26. The maximum atomic E-state index is 12.6. The lowest BCUT2D eigenvalue weighted by atomic mass is 10.1. The van der Waals surface area contributed by atoms with Gasteiger partial charge in [-0.1, -0.05) is 6.07 Å². The van der Waals surface area contributed by atoms with E-state index in [4.69, 9.17) is 0 Å². The Kier molecular flexibility index (Phi) is 3.27. The molecular weight excluding hydrogens is 308 g/mol. The fourth-order valence-corrected chi connectivity index (χ4v) is 3.58. The number of nitrogens with zero attached hydrogens (tertiary/aromatic N) is 4. The standard InChI is InChI=1S/C17H16N4OS/c1-11-19-15(10-23-11)12-3-4-16-13(7-12)5-6-21(16)17(22)14-8-18-20(2)9-14/h3-4,7-10H,5-6H2,1-2H3. The maximum absolute atomic E-state index is 12.6. The molecule has 0 bridgehead atoms. The van der Waals surface area contributed by atoms with Crippen molar-refractivity contribution in [1.29, 1.82) is 0 Å². The molecule has 6 heteroatoms. The Labute approximate surface area is 138 Å². The molecule has 2 aromatic heterocycles. The quantitative estimate of drug-likeness (QED) is 0.728. The second-order valence-electron chi connectivity index (χ2n) is 5.70. The number of aryl methyl sites for hydroxylation is 2. The third kappa shape index (κ3) is 2.45. The average molecular weight is 324 g/mol. The lowest BCUT2D eigenvalue weighted by Crippen LogP contribution is -2.28. The first kappa shape index (κ1) is 14.1. The first-order chi connectivity index (χ1) is 11.1. The van der Waals surface area contributed by atoms with Gasteiger partial charge in [0.25, 0.3) is 5.91 Å². The van der Waals surface area contributed by atoms with Crippen LogP contribution >= 0.6 is 11.3 Å². The topological polar surface area (TPSA) is 51.0 Å². The second-order valence-corrected chi connectivity index (χ2v) is 6.77. The van der Waals surface area contributed by atoms with Crippen LogP contribution in [0.1, 0.15) is 20.9 Å². The predicted molar refractivity (Wildman–Crippen MR) is 90.9 cm³/mol. The van der Waals surface area contributed by atoms with Crippen molar-refractivity contribution in [2.75, 3.05) is 11.4 Å². The van der Waals surface area contributed by atoms with Gasteiger partial charge < -0.3 is 4.90 Å². The molecule has 3 aromatic rings. The Bertz CT molecular complexity index is 896. The number of thiazole rings is 1. The zero-order chi connectivity index (χ0) is 16.0. The van der Waals surface area contributed by atoms with Gasteiger partial charge in [-0.3, -0.25) is 9.48 Å².